The first-order chi connectivity index (χ1) is 11.3. The van der Waals surface area contributed by atoms with Crippen molar-refractivity contribution in [2.75, 3.05) is 0 Å². The van der Waals surface area contributed by atoms with Gasteiger partial charge in [-0.25, -0.2) is 9.37 Å². The first-order valence-electron chi connectivity index (χ1n) is 7.07. The predicted octanol–water partition coefficient (Wildman–Crippen LogP) is 3.49. The maximum Gasteiger partial charge on any atom is 0.155 e. The number of benzene rings is 2. The molecule has 1 heterocycles. The van der Waals surface area contributed by atoms with E-state index in [1.54, 1.807) is 24.3 Å². The minimum atomic E-state index is -0.250. The van der Waals surface area contributed by atoms with E-state index in [4.69, 9.17) is 5.26 Å². The molecule has 23 heavy (non-hydrogen) atoms. The smallest absolute Gasteiger partial charge is 0.155 e. The monoisotopic (exact) mass is 304 g/mol. The fourth-order valence-corrected chi connectivity index (χ4v) is 2.25. The molecule has 2 aromatic carbocycles. The average molecular weight is 304 g/mol. The van der Waals surface area contributed by atoms with Crippen LogP contribution in [-0.4, -0.2) is 15.2 Å². The van der Waals surface area contributed by atoms with E-state index in [0.29, 0.717) is 17.8 Å². The van der Waals surface area contributed by atoms with E-state index in [1.807, 2.05) is 18.2 Å². The van der Waals surface area contributed by atoms with Gasteiger partial charge in [-0.15, -0.1) is 0 Å². The molecule has 0 saturated carbocycles. The fourth-order valence-electron chi connectivity index (χ4n) is 2.25. The van der Waals surface area contributed by atoms with Crippen LogP contribution in [0, 0.1) is 17.1 Å². The molecule has 3 aromatic rings. The molecular formula is C18H13FN4. The van der Waals surface area contributed by atoms with Crippen LogP contribution in [0.4, 0.5) is 4.39 Å². The van der Waals surface area contributed by atoms with Crippen LogP contribution in [0.1, 0.15) is 22.5 Å². The summed E-state index contributed by atoms with van der Waals surface area (Å²) in [5.74, 6) is 0.400. The van der Waals surface area contributed by atoms with Gasteiger partial charge in [0.15, 0.2) is 5.82 Å². The van der Waals surface area contributed by atoms with Crippen molar-refractivity contribution in [2.24, 2.45) is 0 Å². The van der Waals surface area contributed by atoms with Gasteiger partial charge in [-0.1, -0.05) is 30.3 Å². The number of halogens is 1. The number of hydrogen-bond donors (Lipinski definition) is 1. The van der Waals surface area contributed by atoms with Crippen molar-refractivity contribution < 1.29 is 4.39 Å². The molecule has 0 fully saturated rings. The molecule has 5 heteroatoms. The number of nitriles is 1. The minimum absolute atomic E-state index is 0.250. The zero-order valence-electron chi connectivity index (χ0n) is 12.2. The van der Waals surface area contributed by atoms with Crippen molar-refractivity contribution in [1.82, 2.24) is 15.2 Å². The molecule has 0 unspecified atom stereocenters. The highest BCUT2D eigenvalue weighted by Gasteiger charge is 2.08. The largest absolute Gasteiger partial charge is 0.259 e. The average Bonchev–Trinajstić information content (AvgIpc) is 3.12. The Kier molecular flexibility index (Phi) is 4.25. The van der Waals surface area contributed by atoms with E-state index in [1.165, 1.54) is 18.5 Å². The molecule has 4 nitrogen and oxygen atoms in total. The molecule has 0 amide bonds. The summed E-state index contributed by atoms with van der Waals surface area (Å²) >= 11 is 0. The Bertz CT molecular complexity index is 842. The van der Waals surface area contributed by atoms with Crippen molar-refractivity contribution in [1.29, 1.82) is 5.26 Å². The van der Waals surface area contributed by atoms with Gasteiger partial charge in [-0.2, -0.15) is 10.4 Å². The summed E-state index contributed by atoms with van der Waals surface area (Å²) in [6, 6.07) is 15.8. The standard InChI is InChI=1S/C18H13FN4/c19-16-8-3-13(4-9-16)5-10-17(18-21-12-22-23-18)15-6-1-14(11-20)2-7-15/h1-4,6-10,12H,5H2,(H,21,22,23). The van der Waals surface area contributed by atoms with E-state index in [0.717, 1.165) is 16.7 Å². The number of hydrogen-bond acceptors (Lipinski definition) is 3. The van der Waals surface area contributed by atoms with E-state index >= 15 is 0 Å². The summed E-state index contributed by atoms with van der Waals surface area (Å²) in [5.41, 5.74) is 3.42. The molecule has 0 aliphatic rings. The highest BCUT2D eigenvalue weighted by molar-refractivity contribution is 5.76. The Morgan fingerprint density at radius 2 is 1.87 bits per heavy atom. The molecule has 0 aliphatic heterocycles. The summed E-state index contributed by atoms with van der Waals surface area (Å²) in [6.07, 6.45) is 4.09. The second-order valence-corrected chi connectivity index (χ2v) is 4.97. The third kappa shape index (κ3) is 3.50. The van der Waals surface area contributed by atoms with Crippen LogP contribution in [0.2, 0.25) is 0 Å². The van der Waals surface area contributed by atoms with Gasteiger partial charge in [0.2, 0.25) is 0 Å². The molecule has 0 atom stereocenters. The van der Waals surface area contributed by atoms with Crippen molar-refractivity contribution in [2.45, 2.75) is 6.42 Å². The summed E-state index contributed by atoms with van der Waals surface area (Å²) in [5, 5.41) is 15.6. The lowest BCUT2D eigenvalue weighted by Crippen LogP contribution is -1.93. The van der Waals surface area contributed by atoms with Gasteiger partial charge in [-0.05, 0) is 41.8 Å². The van der Waals surface area contributed by atoms with Gasteiger partial charge in [0, 0.05) is 5.57 Å². The third-order valence-corrected chi connectivity index (χ3v) is 3.45. The Morgan fingerprint density at radius 3 is 2.48 bits per heavy atom. The van der Waals surface area contributed by atoms with Gasteiger partial charge in [0.1, 0.15) is 12.1 Å². The second kappa shape index (κ2) is 6.67. The zero-order chi connectivity index (χ0) is 16.1. The van der Waals surface area contributed by atoms with Crippen LogP contribution in [0.15, 0.2) is 60.9 Å². The van der Waals surface area contributed by atoms with Gasteiger partial charge in [0.05, 0.1) is 11.6 Å². The molecule has 0 bridgehead atoms. The van der Waals surface area contributed by atoms with E-state index in [-0.39, 0.29) is 5.82 Å². The molecular weight excluding hydrogens is 291 g/mol. The van der Waals surface area contributed by atoms with Gasteiger partial charge < -0.3 is 0 Å². The van der Waals surface area contributed by atoms with Crippen LogP contribution in [-0.2, 0) is 6.42 Å². The number of nitrogens with one attached hydrogen (secondary N) is 1. The van der Waals surface area contributed by atoms with Crippen molar-refractivity contribution in [3.8, 4) is 6.07 Å². The van der Waals surface area contributed by atoms with E-state index < -0.39 is 0 Å². The van der Waals surface area contributed by atoms with Crippen LogP contribution in [0.25, 0.3) is 5.57 Å². The van der Waals surface area contributed by atoms with Gasteiger partial charge in [-0.3, -0.25) is 5.10 Å². The lowest BCUT2D eigenvalue weighted by atomic mass is 10.0. The highest BCUT2D eigenvalue weighted by Crippen LogP contribution is 2.21. The Labute approximate surface area is 132 Å². The quantitative estimate of drug-likeness (QED) is 0.802. The lowest BCUT2D eigenvalue weighted by Gasteiger charge is -2.06. The van der Waals surface area contributed by atoms with Gasteiger partial charge in [0.25, 0.3) is 0 Å². The molecule has 0 spiro atoms. The van der Waals surface area contributed by atoms with Crippen molar-refractivity contribution >= 4 is 5.57 Å². The SMILES string of the molecule is N#Cc1ccc(C(=CCc2ccc(F)cc2)c2ncn[nH]2)cc1. The number of H-pyrrole nitrogens is 1. The summed E-state index contributed by atoms with van der Waals surface area (Å²) in [6.45, 7) is 0. The Hall–Kier alpha value is -3.26. The normalized spacial score (nSPS) is 11.2. The fraction of sp³-hybridized carbons (Fsp3) is 0.0556. The molecule has 112 valence electrons. The lowest BCUT2D eigenvalue weighted by molar-refractivity contribution is 0.627. The van der Waals surface area contributed by atoms with Crippen LogP contribution in [0.5, 0.6) is 0 Å². The number of aromatic nitrogens is 3. The topological polar surface area (TPSA) is 65.4 Å². The highest BCUT2D eigenvalue weighted by atomic mass is 19.1. The predicted molar refractivity (Wildman–Crippen MR) is 84.7 cm³/mol. The number of aromatic amines is 1. The molecule has 1 aromatic heterocycles. The Morgan fingerprint density at radius 1 is 1.13 bits per heavy atom. The zero-order valence-corrected chi connectivity index (χ0v) is 12.2. The number of nitrogens with zero attached hydrogens (tertiary/aromatic N) is 3. The van der Waals surface area contributed by atoms with Gasteiger partial charge >= 0.3 is 0 Å². The summed E-state index contributed by atoms with van der Waals surface area (Å²) < 4.78 is 13.0. The maximum atomic E-state index is 13.0. The first-order valence-corrected chi connectivity index (χ1v) is 7.07. The minimum Gasteiger partial charge on any atom is -0.259 e. The third-order valence-electron chi connectivity index (χ3n) is 3.45. The summed E-state index contributed by atoms with van der Waals surface area (Å²) in [7, 11) is 0. The van der Waals surface area contributed by atoms with Crippen molar-refractivity contribution in [3.63, 3.8) is 0 Å². The number of allylic oxidation sites excluding steroid dienone is 1. The van der Waals surface area contributed by atoms with Crippen LogP contribution in [0.3, 0.4) is 0 Å². The molecule has 0 aliphatic carbocycles. The van der Waals surface area contributed by atoms with Crippen LogP contribution >= 0.6 is 0 Å². The van der Waals surface area contributed by atoms with Crippen LogP contribution < -0.4 is 0 Å². The molecule has 0 radical (unpaired) electrons. The summed E-state index contributed by atoms with van der Waals surface area (Å²) in [4.78, 5) is 4.20. The number of rotatable bonds is 4. The maximum absolute atomic E-state index is 13.0. The Balaban J connectivity index is 1.93. The van der Waals surface area contributed by atoms with E-state index in [2.05, 4.69) is 21.3 Å². The van der Waals surface area contributed by atoms with Crippen molar-refractivity contribution in [3.05, 3.63) is 89.3 Å². The molecule has 1 N–H and O–H groups in total. The van der Waals surface area contributed by atoms with E-state index in [9.17, 15) is 4.39 Å². The molecule has 0 saturated heterocycles. The second-order valence-electron chi connectivity index (χ2n) is 4.97. The first kappa shape index (κ1) is 14.7. The molecule has 3 rings (SSSR count).